The molecule has 1 aromatic carbocycles. The smallest absolute Gasteiger partial charge is 0.272 e. The molecule has 5 nitrogen and oxygen atoms in total. The third kappa shape index (κ3) is 3.80. The zero-order valence-corrected chi connectivity index (χ0v) is 16.8. The van der Waals surface area contributed by atoms with Crippen LogP contribution in [-0.2, 0) is 11.3 Å². The molecule has 0 spiro atoms. The average molecular weight is 400 g/mol. The fourth-order valence-electron chi connectivity index (χ4n) is 3.32. The summed E-state index contributed by atoms with van der Waals surface area (Å²) < 4.78 is 2.36. The summed E-state index contributed by atoms with van der Waals surface area (Å²) in [5.74, 6) is 0.128. The molecule has 0 aliphatic carbocycles. The Kier molecular flexibility index (Phi) is 5.31. The highest BCUT2D eigenvalue weighted by atomic mass is 32.2. The number of carbonyl (C=O) groups excluding carboxylic acids is 1. The molecule has 1 aliphatic rings. The maximum Gasteiger partial charge on any atom is 0.272 e. The first-order valence-electron chi connectivity index (χ1n) is 9.11. The highest BCUT2D eigenvalue weighted by Gasteiger charge is 2.26. The lowest BCUT2D eigenvalue weighted by Crippen LogP contribution is -2.34. The number of aromatic nitrogens is 2. The van der Waals surface area contributed by atoms with Crippen LogP contribution in [0.3, 0.4) is 0 Å². The lowest BCUT2D eigenvalue weighted by Gasteiger charge is -2.21. The average Bonchev–Trinajstić information content (AvgIpc) is 3.37. The standard InChI is InChI=1S/C20H21N3O2S2/c1-14(18(24)22-10-5-6-11-22)27-20-21-16-9-12-26-17(16)19(25)23(20)13-15-7-3-2-4-8-15/h2-4,7-9,12,14H,5-6,10-11,13H2,1H3. The van der Waals surface area contributed by atoms with Gasteiger partial charge in [0.25, 0.3) is 5.56 Å². The van der Waals surface area contributed by atoms with Gasteiger partial charge in [-0.3, -0.25) is 14.2 Å². The summed E-state index contributed by atoms with van der Waals surface area (Å²) in [7, 11) is 0. The van der Waals surface area contributed by atoms with Crippen LogP contribution in [0.2, 0.25) is 0 Å². The molecule has 0 saturated carbocycles. The molecule has 27 heavy (non-hydrogen) atoms. The van der Waals surface area contributed by atoms with Crippen LogP contribution in [0.1, 0.15) is 25.3 Å². The minimum atomic E-state index is -0.270. The number of hydrogen-bond acceptors (Lipinski definition) is 5. The van der Waals surface area contributed by atoms with Gasteiger partial charge in [0.05, 0.1) is 17.3 Å². The molecule has 1 saturated heterocycles. The van der Waals surface area contributed by atoms with Crippen LogP contribution in [0.15, 0.2) is 51.7 Å². The molecule has 1 unspecified atom stereocenters. The van der Waals surface area contributed by atoms with Crippen molar-refractivity contribution in [1.82, 2.24) is 14.5 Å². The van der Waals surface area contributed by atoms with Crippen LogP contribution in [0, 0.1) is 0 Å². The van der Waals surface area contributed by atoms with Gasteiger partial charge in [-0.15, -0.1) is 11.3 Å². The van der Waals surface area contributed by atoms with Crippen molar-refractivity contribution in [2.75, 3.05) is 13.1 Å². The molecule has 3 aromatic rings. The summed E-state index contributed by atoms with van der Waals surface area (Å²) in [5.41, 5.74) is 1.71. The highest BCUT2D eigenvalue weighted by molar-refractivity contribution is 8.00. The van der Waals surface area contributed by atoms with E-state index in [0.717, 1.165) is 31.5 Å². The normalized spacial score (nSPS) is 15.4. The Morgan fingerprint density at radius 1 is 1.22 bits per heavy atom. The van der Waals surface area contributed by atoms with E-state index in [0.29, 0.717) is 21.9 Å². The predicted octanol–water partition coefficient (Wildman–Crippen LogP) is 3.61. The number of rotatable bonds is 5. The summed E-state index contributed by atoms with van der Waals surface area (Å²) in [6, 6.07) is 11.7. The lowest BCUT2D eigenvalue weighted by atomic mass is 10.2. The summed E-state index contributed by atoms with van der Waals surface area (Å²) in [6.45, 7) is 4.02. The maximum atomic E-state index is 13.0. The Morgan fingerprint density at radius 2 is 1.96 bits per heavy atom. The monoisotopic (exact) mass is 399 g/mol. The first-order valence-corrected chi connectivity index (χ1v) is 10.9. The van der Waals surface area contributed by atoms with E-state index >= 15 is 0 Å². The van der Waals surface area contributed by atoms with Crippen molar-refractivity contribution >= 4 is 39.2 Å². The Hall–Kier alpha value is -2.12. The van der Waals surface area contributed by atoms with Gasteiger partial charge in [0, 0.05) is 13.1 Å². The number of likely N-dealkylation sites (tertiary alicyclic amines) is 1. The molecule has 2 aromatic heterocycles. The minimum Gasteiger partial charge on any atom is -0.342 e. The van der Waals surface area contributed by atoms with E-state index < -0.39 is 0 Å². The van der Waals surface area contributed by atoms with Gasteiger partial charge in [-0.25, -0.2) is 4.98 Å². The molecule has 0 bridgehead atoms. The van der Waals surface area contributed by atoms with Crippen molar-refractivity contribution in [3.8, 4) is 0 Å². The van der Waals surface area contributed by atoms with E-state index in [1.54, 1.807) is 4.57 Å². The third-order valence-electron chi connectivity index (χ3n) is 4.76. The van der Waals surface area contributed by atoms with Crippen LogP contribution in [0.25, 0.3) is 10.2 Å². The van der Waals surface area contributed by atoms with E-state index in [1.807, 2.05) is 53.6 Å². The minimum absolute atomic E-state index is 0.0397. The van der Waals surface area contributed by atoms with Gasteiger partial charge in [0.15, 0.2) is 5.16 Å². The molecule has 1 atom stereocenters. The fraction of sp³-hybridized carbons (Fsp3) is 0.350. The fourth-order valence-corrected chi connectivity index (χ4v) is 5.09. The van der Waals surface area contributed by atoms with Crippen LogP contribution >= 0.6 is 23.1 Å². The first kappa shape index (κ1) is 18.3. The Balaban J connectivity index is 1.68. The van der Waals surface area contributed by atoms with Gasteiger partial charge in [0.1, 0.15) is 4.70 Å². The van der Waals surface area contributed by atoms with E-state index in [1.165, 1.54) is 23.1 Å². The molecule has 140 valence electrons. The van der Waals surface area contributed by atoms with Crippen molar-refractivity contribution in [1.29, 1.82) is 0 Å². The first-order chi connectivity index (χ1) is 13.1. The zero-order chi connectivity index (χ0) is 18.8. The third-order valence-corrected chi connectivity index (χ3v) is 6.73. The second-order valence-electron chi connectivity index (χ2n) is 6.70. The molecule has 1 fully saturated rings. The Labute approximate surface area is 166 Å². The van der Waals surface area contributed by atoms with E-state index in [9.17, 15) is 9.59 Å². The molecule has 0 radical (unpaired) electrons. The number of fused-ring (bicyclic) bond motifs is 1. The van der Waals surface area contributed by atoms with Gasteiger partial charge < -0.3 is 4.90 Å². The molecule has 1 aliphatic heterocycles. The second kappa shape index (κ2) is 7.86. The largest absolute Gasteiger partial charge is 0.342 e. The van der Waals surface area contributed by atoms with Crippen molar-refractivity contribution in [2.24, 2.45) is 0 Å². The molecule has 1 amide bonds. The molecular weight excluding hydrogens is 378 g/mol. The zero-order valence-electron chi connectivity index (χ0n) is 15.1. The number of hydrogen-bond donors (Lipinski definition) is 0. The number of thiophene rings is 1. The highest BCUT2D eigenvalue weighted by Crippen LogP contribution is 2.26. The molecule has 0 N–H and O–H groups in total. The number of nitrogens with zero attached hydrogens (tertiary/aromatic N) is 3. The lowest BCUT2D eigenvalue weighted by molar-refractivity contribution is -0.129. The van der Waals surface area contributed by atoms with Crippen LogP contribution in [0.5, 0.6) is 0 Å². The van der Waals surface area contributed by atoms with Gasteiger partial charge >= 0.3 is 0 Å². The number of thioether (sulfide) groups is 1. The molecular formula is C20H21N3O2S2. The van der Waals surface area contributed by atoms with Crippen molar-refractivity contribution in [3.63, 3.8) is 0 Å². The van der Waals surface area contributed by atoms with Crippen molar-refractivity contribution in [3.05, 3.63) is 57.7 Å². The van der Waals surface area contributed by atoms with Gasteiger partial charge in [0.2, 0.25) is 5.91 Å². The second-order valence-corrected chi connectivity index (χ2v) is 8.92. The van der Waals surface area contributed by atoms with Gasteiger partial charge in [-0.2, -0.15) is 0 Å². The van der Waals surface area contributed by atoms with Crippen LogP contribution in [-0.4, -0.2) is 38.7 Å². The van der Waals surface area contributed by atoms with E-state index in [4.69, 9.17) is 4.98 Å². The summed E-state index contributed by atoms with van der Waals surface area (Å²) in [4.78, 5) is 32.4. The maximum absolute atomic E-state index is 13.0. The summed E-state index contributed by atoms with van der Waals surface area (Å²) in [5, 5.41) is 2.22. The van der Waals surface area contributed by atoms with Crippen LogP contribution < -0.4 is 5.56 Å². The summed E-state index contributed by atoms with van der Waals surface area (Å²) >= 11 is 2.79. The topological polar surface area (TPSA) is 55.2 Å². The Morgan fingerprint density at radius 3 is 2.70 bits per heavy atom. The van der Waals surface area contributed by atoms with Gasteiger partial charge in [-0.1, -0.05) is 42.1 Å². The Bertz CT molecular complexity index is 1010. The number of amides is 1. The quantitative estimate of drug-likeness (QED) is 0.486. The summed E-state index contributed by atoms with van der Waals surface area (Å²) in [6.07, 6.45) is 2.14. The number of benzene rings is 1. The van der Waals surface area contributed by atoms with Gasteiger partial charge in [-0.05, 0) is 36.8 Å². The molecule has 4 rings (SSSR count). The van der Waals surface area contributed by atoms with E-state index in [-0.39, 0.29) is 16.7 Å². The van der Waals surface area contributed by atoms with Crippen molar-refractivity contribution < 1.29 is 4.79 Å². The number of carbonyl (C=O) groups is 1. The van der Waals surface area contributed by atoms with Crippen LogP contribution in [0.4, 0.5) is 0 Å². The SMILES string of the molecule is CC(Sc1nc2ccsc2c(=O)n1Cc1ccccc1)C(=O)N1CCCC1. The molecule has 7 heteroatoms. The van der Waals surface area contributed by atoms with Crippen molar-refractivity contribution in [2.45, 2.75) is 36.7 Å². The predicted molar refractivity (Wildman–Crippen MR) is 111 cm³/mol. The molecule has 3 heterocycles. The van der Waals surface area contributed by atoms with E-state index in [2.05, 4.69) is 0 Å².